The molecular weight excluding hydrogens is 189 g/mol. The predicted octanol–water partition coefficient (Wildman–Crippen LogP) is 1.53. The fourth-order valence-corrected chi connectivity index (χ4v) is 1.71. The summed E-state index contributed by atoms with van der Waals surface area (Å²) >= 11 is 0. The molecule has 0 aliphatic carbocycles. The van der Waals surface area contributed by atoms with E-state index < -0.39 is 0 Å². The zero-order chi connectivity index (χ0) is 10.7. The van der Waals surface area contributed by atoms with Gasteiger partial charge in [0.1, 0.15) is 0 Å². The molecule has 0 fully saturated rings. The minimum atomic E-state index is 0. The molecule has 0 spiro atoms. The Balaban J connectivity index is 0.00000128. The van der Waals surface area contributed by atoms with Gasteiger partial charge in [0.2, 0.25) is 0 Å². The first-order valence-electron chi connectivity index (χ1n) is 5.14. The fraction of sp³-hybridized carbons (Fsp3) is 0.143. The van der Waals surface area contributed by atoms with Gasteiger partial charge in [0.25, 0.3) is 0 Å². The number of benzene rings is 2. The van der Waals surface area contributed by atoms with Gasteiger partial charge in [0.15, 0.2) is 0 Å². The van der Waals surface area contributed by atoms with Crippen LogP contribution in [-0.2, 0) is 0 Å². The van der Waals surface area contributed by atoms with E-state index in [-0.39, 0.29) is 18.9 Å². The molecule has 76 valence electrons. The van der Waals surface area contributed by atoms with E-state index >= 15 is 0 Å². The van der Waals surface area contributed by atoms with Gasteiger partial charge in [0, 0.05) is 5.92 Å². The van der Waals surface area contributed by atoms with Crippen LogP contribution in [0.15, 0.2) is 54.6 Å². The van der Waals surface area contributed by atoms with Gasteiger partial charge in [-0.25, -0.2) is 0 Å². The maximum absolute atomic E-state index is 7.44. The largest absolute Gasteiger partial charge is 1.00 e. The van der Waals surface area contributed by atoms with Gasteiger partial charge in [-0.3, -0.25) is 0 Å². The Kier molecular flexibility index (Phi) is 4.67. The second kappa shape index (κ2) is 5.79. The van der Waals surface area contributed by atoms with Gasteiger partial charge in [-0.2, -0.15) is 0 Å². The third-order valence-electron chi connectivity index (χ3n) is 2.71. The van der Waals surface area contributed by atoms with E-state index in [0.717, 1.165) is 0 Å². The molecule has 2 heteroatoms. The Morgan fingerprint density at radius 1 is 0.812 bits per heavy atom. The standard InChI is InChI=1S/C14H14N.Li/c1-11(12-5-3-2-4-6-12)13-7-9-14(15)10-8-13;/h2-11,15H,1H3;/q-1;+1/t11-;/m1./s1. The van der Waals surface area contributed by atoms with Crippen molar-refractivity contribution in [3.63, 3.8) is 0 Å². The van der Waals surface area contributed by atoms with Gasteiger partial charge < -0.3 is 5.73 Å². The molecule has 0 bridgehead atoms. The van der Waals surface area contributed by atoms with Crippen LogP contribution < -0.4 is 18.9 Å². The Morgan fingerprint density at radius 3 is 1.88 bits per heavy atom. The Labute approximate surface area is 109 Å². The summed E-state index contributed by atoms with van der Waals surface area (Å²) in [6.07, 6.45) is 0. The van der Waals surface area contributed by atoms with Crippen molar-refractivity contribution in [2.24, 2.45) is 0 Å². The summed E-state index contributed by atoms with van der Waals surface area (Å²) in [7, 11) is 0. The van der Waals surface area contributed by atoms with Crippen LogP contribution in [0.2, 0.25) is 0 Å². The summed E-state index contributed by atoms with van der Waals surface area (Å²) in [5.41, 5.74) is 10.6. The molecule has 0 amide bonds. The molecule has 0 unspecified atom stereocenters. The molecule has 1 atom stereocenters. The molecule has 0 saturated carbocycles. The molecule has 0 saturated heterocycles. The molecule has 0 aromatic heterocycles. The third-order valence-corrected chi connectivity index (χ3v) is 2.71. The van der Waals surface area contributed by atoms with Gasteiger partial charge in [-0.05, 0) is 11.1 Å². The maximum Gasteiger partial charge on any atom is 1.00 e. The topological polar surface area (TPSA) is 23.8 Å². The summed E-state index contributed by atoms with van der Waals surface area (Å²) in [6, 6.07) is 18.2. The van der Waals surface area contributed by atoms with E-state index in [1.54, 1.807) is 0 Å². The number of rotatable bonds is 2. The third kappa shape index (κ3) is 2.92. The maximum atomic E-state index is 7.44. The van der Waals surface area contributed by atoms with Crippen LogP contribution in [0.3, 0.4) is 0 Å². The first-order valence-corrected chi connectivity index (χ1v) is 5.14. The average Bonchev–Trinajstić information content (AvgIpc) is 2.30. The predicted molar refractivity (Wildman–Crippen MR) is 64.4 cm³/mol. The van der Waals surface area contributed by atoms with Crippen molar-refractivity contribution >= 4 is 5.69 Å². The molecule has 0 heterocycles. The molecule has 1 N–H and O–H groups in total. The van der Waals surface area contributed by atoms with Crippen molar-refractivity contribution in [3.8, 4) is 0 Å². The van der Waals surface area contributed by atoms with E-state index in [4.69, 9.17) is 5.73 Å². The summed E-state index contributed by atoms with van der Waals surface area (Å²) in [5, 5.41) is 0. The summed E-state index contributed by atoms with van der Waals surface area (Å²) < 4.78 is 0. The quantitative estimate of drug-likeness (QED) is 0.661. The van der Waals surface area contributed by atoms with Crippen molar-refractivity contribution < 1.29 is 18.9 Å². The van der Waals surface area contributed by atoms with Gasteiger partial charge in [0.05, 0.1) is 0 Å². The minimum absolute atomic E-state index is 0. The SMILES string of the molecule is C[C@H](c1ccccc1)c1ccc([NH-])cc1.[Li+]. The van der Waals surface area contributed by atoms with E-state index in [2.05, 4.69) is 31.2 Å². The minimum Gasteiger partial charge on any atom is -0.699 e. The normalized spacial score (nSPS) is 11.6. The molecule has 16 heavy (non-hydrogen) atoms. The van der Waals surface area contributed by atoms with Crippen LogP contribution in [-0.4, -0.2) is 0 Å². The molecule has 2 rings (SSSR count). The number of hydrogen-bond donors (Lipinski definition) is 0. The van der Waals surface area contributed by atoms with Gasteiger partial charge in [-0.15, -0.1) is 5.69 Å². The second-order valence-corrected chi connectivity index (χ2v) is 3.75. The van der Waals surface area contributed by atoms with E-state index in [9.17, 15) is 0 Å². The molecule has 1 nitrogen and oxygen atoms in total. The Hall–Kier alpha value is -1.16. The smallest absolute Gasteiger partial charge is 0.699 e. The average molecular weight is 203 g/mol. The van der Waals surface area contributed by atoms with Crippen LogP contribution in [0.1, 0.15) is 24.0 Å². The fourth-order valence-electron chi connectivity index (χ4n) is 1.71. The molecule has 0 aliphatic heterocycles. The van der Waals surface area contributed by atoms with Crippen LogP contribution in [0.4, 0.5) is 5.69 Å². The van der Waals surface area contributed by atoms with Crippen LogP contribution >= 0.6 is 0 Å². The summed E-state index contributed by atoms with van der Waals surface area (Å²) in [5.74, 6) is 0.395. The van der Waals surface area contributed by atoms with Gasteiger partial charge >= 0.3 is 18.9 Å². The van der Waals surface area contributed by atoms with Gasteiger partial charge in [-0.1, -0.05) is 61.5 Å². The van der Waals surface area contributed by atoms with Crippen LogP contribution in [0.25, 0.3) is 5.73 Å². The van der Waals surface area contributed by atoms with E-state index in [1.807, 2.05) is 30.3 Å². The van der Waals surface area contributed by atoms with Crippen molar-refractivity contribution in [2.75, 3.05) is 0 Å². The first kappa shape index (κ1) is 12.9. The van der Waals surface area contributed by atoms with Crippen molar-refractivity contribution in [2.45, 2.75) is 12.8 Å². The van der Waals surface area contributed by atoms with Crippen LogP contribution in [0, 0.1) is 0 Å². The Morgan fingerprint density at radius 2 is 1.31 bits per heavy atom. The number of nitrogens with one attached hydrogen (secondary N) is 1. The first-order chi connectivity index (χ1) is 7.27. The molecular formula is C14H14LiN. The summed E-state index contributed by atoms with van der Waals surface area (Å²) in [4.78, 5) is 0. The summed E-state index contributed by atoms with van der Waals surface area (Å²) in [6.45, 7) is 2.19. The van der Waals surface area contributed by atoms with Crippen molar-refractivity contribution in [1.29, 1.82) is 0 Å². The van der Waals surface area contributed by atoms with E-state index in [0.29, 0.717) is 11.6 Å². The number of hydrogen-bond acceptors (Lipinski definition) is 0. The van der Waals surface area contributed by atoms with Crippen LogP contribution in [0.5, 0.6) is 0 Å². The monoisotopic (exact) mass is 203 g/mol. The van der Waals surface area contributed by atoms with E-state index in [1.165, 1.54) is 11.1 Å². The molecule has 0 radical (unpaired) electrons. The van der Waals surface area contributed by atoms with Crippen molar-refractivity contribution in [3.05, 3.63) is 71.5 Å². The zero-order valence-corrected chi connectivity index (χ0v) is 9.77. The molecule has 2 aromatic carbocycles. The second-order valence-electron chi connectivity index (χ2n) is 3.75. The Bertz CT molecular complexity index is 422. The van der Waals surface area contributed by atoms with Crippen molar-refractivity contribution in [1.82, 2.24) is 0 Å². The molecule has 2 aromatic rings. The molecule has 0 aliphatic rings. The zero-order valence-electron chi connectivity index (χ0n) is 9.77.